The number of nitrogens with zero attached hydrogens (tertiary/aromatic N) is 1. The lowest BCUT2D eigenvalue weighted by atomic mass is 10.0. The van der Waals surface area contributed by atoms with Crippen LogP contribution in [0.5, 0.6) is 5.75 Å². The Morgan fingerprint density at radius 2 is 1.36 bits per heavy atom. The average molecular weight is 539 g/mol. The fourth-order valence-corrected chi connectivity index (χ4v) is 5.20. The van der Waals surface area contributed by atoms with Crippen molar-refractivity contribution in [2.75, 3.05) is 27.2 Å². The molecule has 0 aliphatic carbocycles. The first-order chi connectivity index (χ1) is 18.9. The number of hydrogen-bond acceptors (Lipinski definition) is 3. The first kappa shape index (κ1) is 32.9. The van der Waals surface area contributed by atoms with Gasteiger partial charge in [0.1, 0.15) is 30.9 Å². The summed E-state index contributed by atoms with van der Waals surface area (Å²) in [4.78, 5) is 13.0. The lowest BCUT2D eigenvalue weighted by Crippen LogP contribution is -2.45. The SMILES string of the molecule is CCCCCCCCCCCc1ccc(OC(CC)COC(=O)C(CC)C[N+](C)(C)Cc2ccccc2)cc1. The maximum atomic E-state index is 13.0. The third-order valence-corrected chi connectivity index (χ3v) is 7.66. The first-order valence-electron chi connectivity index (χ1n) is 15.6. The van der Waals surface area contributed by atoms with Crippen LogP contribution in [0.25, 0.3) is 0 Å². The van der Waals surface area contributed by atoms with Crippen LogP contribution in [0.15, 0.2) is 54.6 Å². The van der Waals surface area contributed by atoms with Crippen molar-refractivity contribution in [1.29, 1.82) is 0 Å². The number of hydrogen-bond donors (Lipinski definition) is 0. The second kappa shape index (κ2) is 18.9. The predicted octanol–water partition coefficient (Wildman–Crippen LogP) is 8.76. The van der Waals surface area contributed by atoms with Crippen LogP contribution in [0, 0.1) is 5.92 Å². The van der Waals surface area contributed by atoms with Gasteiger partial charge in [-0.15, -0.1) is 0 Å². The van der Waals surface area contributed by atoms with Crippen molar-refractivity contribution in [2.45, 2.75) is 110 Å². The fourth-order valence-electron chi connectivity index (χ4n) is 5.20. The lowest BCUT2D eigenvalue weighted by molar-refractivity contribution is -0.906. The molecule has 0 heterocycles. The van der Waals surface area contributed by atoms with Gasteiger partial charge in [-0.1, -0.05) is 115 Å². The van der Waals surface area contributed by atoms with Crippen LogP contribution in [0.4, 0.5) is 0 Å². The molecule has 0 fully saturated rings. The minimum Gasteiger partial charge on any atom is -0.487 e. The molecule has 218 valence electrons. The number of rotatable bonds is 21. The number of carbonyl (C=O) groups is 1. The van der Waals surface area contributed by atoms with Gasteiger partial charge in [0.25, 0.3) is 0 Å². The zero-order valence-corrected chi connectivity index (χ0v) is 25.6. The smallest absolute Gasteiger partial charge is 0.314 e. The molecular weight excluding hydrogens is 482 g/mol. The molecule has 0 aliphatic heterocycles. The van der Waals surface area contributed by atoms with Gasteiger partial charge in [0.2, 0.25) is 0 Å². The Morgan fingerprint density at radius 1 is 0.744 bits per heavy atom. The number of aryl methyl sites for hydroxylation is 1. The van der Waals surface area contributed by atoms with Crippen molar-refractivity contribution in [1.82, 2.24) is 0 Å². The standard InChI is InChI=1S/C35H56NO3/c1-6-9-10-11-12-13-14-15-17-20-30-23-25-34(26-24-30)39-33(8-3)29-38-35(37)32(7-2)28-36(4,5)27-31-21-18-16-19-22-31/h16,18-19,21-26,32-33H,6-15,17,20,27-29H2,1-5H3/q+1. The molecule has 2 atom stereocenters. The Balaban J connectivity index is 1.71. The molecule has 0 amide bonds. The second-order valence-electron chi connectivity index (χ2n) is 11.9. The molecule has 0 aliphatic rings. The van der Waals surface area contributed by atoms with E-state index in [1.54, 1.807) is 0 Å². The summed E-state index contributed by atoms with van der Waals surface area (Å²) < 4.78 is 12.7. The summed E-state index contributed by atoms with van der Waals surface area (Å²) in [5.74, 6) is 0.609. The summed E-state index contributed by atoms with van der Waals surface area (Å²) >= 11 is 0. The normalized spacial score (nSPS) is 13.2. The molecule has 0 spiro atoms. The Morgan fingerprint density at radius 3 is 1.95 bits per heavy atom. The van der Waals surface area contributed by atoms with Gasteiger partial charge in [0.15, 0.2) is 0 Å². The number of benzene rings is 2. The summed E-state index contributed by atoms with van der Waals surface area (Å²) in [5, 5.41) is 0. The van der Waals surface area contributed by atoms with E-state index in [0.717, 1.165) is 42.6 Å². The maximum absolute atomic E-state index is 13.0. The van der Waals surface area contributed by atoms with Crippen LogP contribution in [0.3, 0.4) is 0 Å². The molecule has 0 N–H and O–H groups in total. The Hall–Kier alpha value is -2.33. The van der Waals surface area contributed by atoms with Crippen molar-refractivity contribution in [3.63, 3.8) is 0 Å². The van der Waals surface area contributed by atoms with Crippen molar-refractivity contribution < 1.29 is 18.8 Å². The van der Waals surface area contributed by atoms with Crippen molar-refractivity contribution in [3.8, 4) is 5.75 Å². The highest BCUT2D eigenvalue weighted by Crippen LogP contribution is 2.19. The Bertz CT molecular complexity index is 894. The van der Waals surface area contributed by atoms with Crippen molar-refractivity contribution >= 4 is 5.97 Å². The molecular formula is C35H56NO3+. The Kier molecular flexibility index (Phi) is 15.9. The van der Waals surface area contributed by atoms with Crippen LogP contribution in [-0.4, -0.2) is 43.8 Å². The van der Waals surface area contributed by atoms with Crippen molar-refractivity contribution in [2.24, 2.45) is 5.92 Å². The largest absolute Gasteiger partial charge is 0.487 e. The van der Waals surface area contributed by atoms with Gasteiger partial charge < -0.3 is 14.0 Å². The molecule has 4 heteroatoms. The summed E-state index contributed by atoms with van der Waals surface area (Å²) in [6, 6.07) is 18.9. The fraction of sp³-hybridized carbons (Fsp3) is 0.629. The van der Waals surface area contributed by atoms with Crippen molar-refractivity contribution in [3.05, 3.63) is 65.7 Å². The molecule has 0 aromatic heterocycles. The minimum absolute atomic E-state index is 0.116. The predicted molar refractivity (Wildman–Crippen MR) is 164 cm³/mol. The molecule has 0 radical (unpaired) electrons. The van der Waals surface area contributed by atoms with E-state index >= 15 is 0 Å². The van der Waals surface area contributed by atoms with Crippen LogP contribution in [0.2, 0.25) is 0 Å². The summed E-state index contributed by atoms with van der Waals surface area (Å²) in [7, 11) is 4.36. The van der Waals surface area contributed by atoms with Gasteiger partial charge in [0, 0.05) is 5.56 Å². The third-order valence-electron chi connectivity index (χ3n) is 7.66. The minimum atomic E-state index is -0.138. The van der Waals surface area contributed by atoms with Gasteiger partial charge in [-0.05, 0) is 43.4 Å². The van der Waals surface area contributed by atoms with E-state index in [1.807, 2.05) is 6.07 Å². The molecule has 2 aromatic rings. The lowest BCUT2D eigenvalue weighted by Gasteiger charge is -2.32. The van der Waals surface area contributed by atoms with E-state index in [9.17, 15) is 4.79 Å². The Labute approximate surface area is 239 Å². The van der Waals surface area contributed by atoms with Crippen LogP contribution < -0.4 is 4.74 Å². The maximum Gasteiger partial charge on any atom is 0.314 e. The molecule has 2 rings (SSSR count). The highest BCUT2D eigenvalue weighted by atomic mass is 16.6. The average Bonchev–Trinajstić information content (AvgIpc) is 2.94. The van der Waals surface area contributed by atoms with Gasteiger partial charge in [-0.2, -0.15) is 0 Å². The number of quaternary nitrogens is 1. The van der Waals surface area contributed by atoms with E-state index in [-0.39, 0.29) is 24.6 Å². The number of unbranched alkanes of at least 4 members (excludes halogenated alkanes) is 8. The highest BCUT2D eigenvalue weighted by Gasteiger charge is 2.28. The molecule has 2 unspecified atom stereocenters. The molecule has 39 heavy (non-hydrogen) atoms. The second-order valence-corrected chi connectivity index (χ2v) is 11.9. The molecule has 0 saturated heterocycles. The van der Waals surface area contributed by atoms with E-state index in [0.29, 0.717) is 0 Å². The van der Waals surface area contributed by atoms with Gasteiger partial charge in [-0.25, -0.2) is 0 Å². The topological polar surface area (TPSA) is 35.5 Å². The first-order valence-corrected chi connectivity index (χ1v) is 15.6. The zero-order chi connectivity index (χ0) is 28.3. The molecule has 2 aromatic carbocycles. The van der Waals surface area contributed by atoms with Gasteiger partial charge in [0.05, 0.1) is 20.6 Å². The highest BCUT2D eigenvalue weighted by molar-refractivity contribution is 5.72. The zero-order valence-electron chi connectivity index (χ0n) is 25.6. The van der Waals surface area contributed by atoms with E-state index in [1.165, 1.54) is 68.9 Å². The summed E-state index contributed by atoms with van der Waals surface area (Å²) in [6.45, 7) is 8.35. The van der Waals surface area contributed by atoms with Gasteiger partial charge >= 0.3 is 5.97 Å². The quantitative estimate of drug-likeness (QED) is 0.0905. The molecule has 4 nitrogen and oxygen atoms in total. The van der Waals surface area contributed by atoms with Crippen LogP contribution >= 0.6 is 0 Å². The molecule has 0 saturated carbocycles. The molecule has 0 bridgehead atoms. The summed E-state index contributed by atoms with van der Waals surface area (Å²) in [6.07, 6.45) is 14.8. The van der Waals surface area contributed by atoms with Gasteiger partial charge in [-0.3, -0.25) is 4.79 Å². The van der Waals surface area contributed by atoms with E-state index < -0.39 is 0 Å². The van der Waals surface area contributed by atoms with Crippen LogP contribution in [-0.2, 0) is 22.5 Å². The number of carbonyl (C=O) groups excluding carboxylic acids is 1. The number of esters is 1. The van der Waals surface area contributed by atoms with E-state index in [2.05, 4.69) is 83.4 Å². The third kappa shape index (κ3) is 14.0. The monoisotopic (exact) mass is 538 g/mol. The number of ether oxygens (including phenoxy) is 2. The van der Waals surface area contributed by atoms with Crippen LogP contribution in [0.1, 0.15) is 103 Å². The van der Waals surface area contributed by atoms with E-state index in [4.69, 9.17) is 9.47 Å². The summed E-state index contributed by atoms with van der Waals surface area (Å²) in [5.41, 5.74) is 2.65.